The van der Waals surface area contributed by atoms with Crippen molar-refractivity contribution in [1.82, 2.24) is 20.6 Å². The second-order valence-corrected chi connectivity index (χ2v) is 5.79. The van der Waals surface area contributed by atoms with Crippen LogP contribution in [0.25, 0.3) is 0 Å². The highest BCUT2D eigenvalue weighted by atomic mass is 35.5. The molecule has 0 spiro atoms. The molecule has 8 nitrogen and oxygen atoms in total. The number of carbonyl (C=O) groups excluding carboxylic acids is 1. The molecule has 0 unspecified atom stereocenters. The highest BCUT2D eigenvalue weighted by Crippen LogP contribution is 2.24. The molecule has 0 radical (unpaired) electrons. The lowest BCUT2D eigenvalue weighted by Gasteiger charge is -2.01. The molecule has 0 aliphatic carbocycles. The van der Waals surface area contributed by atoms with Crippen LogP contribution in [0.5, 0.6) is 0 Å². The maximum absolute atomic E-state index is 11.6. The summed E-state index contributed by atoms with van der Waals surface area (Å²) in [4.78, 5) is 35.8. The lowest BCUT2D eigenvalue weighted by atomic mass is 10.2. The van der Waals surface area contributed by atoms with Gasteiger partial charge in [0.1, 0.15) is 0 Å². The van der Waals surface area contributed by atoms with E-state index in [2.05, 4.69) is 20.7 Å². The summed E-state index contributed by atoms with van der Waals surface area (Å²) in [6, 6.07) is 5.01. The molecule has 0 atom stereocenters. The number of halogens is 2. The van der Waals surface area contributed by atoms with Gasteiger partial charge in [-0.25, -0.2) is 15.3 Å². The zero-order valence-corrected chi connectivity index (χ0v) is 13.6. The molecule has 1 aromatic carbocycles. The second-order valence-electron chi connectivity index (χ2n) is 4.04. The molecular weight excluding hydrogens is 365 g/mol. The molecule has 1 aromatic heterocycles. The first kappa shape index (κ1) is 17.3. The van der Waals surface area contributed by atoms with Gasteiger partial charge in [-0.1, -0.05) is 47.1 Å². The lowest BCUT2D eigenvalue weighted by molar-refractivity contribution is -0.118. The third-order valence-electron chi connectivity index (χ3n) is 2.39. The highest BCUT2D eigenvalue weighted by molar-refractivity contribution is 7.99. The van der Waals surface area contributed by atoms with Gasteiger partial charge in [0.05, 0.1) is 22.0 Å². The number of thioether (sulfide) groups is 1. The summed E-state index contributed by atoms with van der Waals surface area (Å²) in [5.74, 6) is -0.570. The molecule has 0 bridgehead atoms. The zero-order valence-electron chi connectivity index (χ0n) is 11.3. The smallest absolute Gasteiger partial charge is 0.272 e. The maximum Gasteiger partial charge on any atom is 0.342 e. The predicted molar refractivity (Wildman–Crippen MR) is 88.4 cm³/mol. The number of hydrogen-bond acceptors (Lipinski definition) is 6. The molecule has 2 aromatic rings. The van der Waals surface area contributed by atoms with E-state index < -0.39 is 17.2 Å². The SMILES string of the molecule is O=C(CSc1n[nH]c(=O)[nH]c1=O)N/N=C/c1cccc(Cl)c1Cl. The topological polar surface area (TPSA) is 120 Å². The summed E-state index contributed by atoms with van der Waals surface area (Å²) < 4.78 is 0. The zero-order chi connectivity index (χ0) is 16.8. The molecule has 11 heteroatoms. The fraction of sp³-hybridized carbons (Fsp3) is 0.0833. The normalized spacial score (nSPS) is 10.9. The highest BCUT2D eigenvalue weighted by Gasteiger charge is 2.07. The van der Waals surface area contributed by atoms with Crippen molar-refractivity contribution in [3.05, 3.63) is 54.6 Å². The average molecular weight is 374 g/mol. The van der Waals surface area contributed by atoms with Crippen LogP contribution in [0.1, 0.15) is 5.56 Å². The first-order valence-corrected chi connectivity index (χ1v) is 7.79. The Hall–Kier alpha value is -2.10. The fourth-order valence-electron chi connectivity index (χ4n) is 1.39. The van der Waals surface area contributed by atoms with Gasteiger partial charge in [-0.2, -0.15) is 10.2 Å². The van der Waals surface area contributed by atoms with Crippen molar-refractivity contribution in [1.29, 1.82) is 0 Å². The lowest BCUT2D eigenvalue weighted by Crippen LogP contribution is -2.26. The van der Waals surface area contributed by atoms with Crippen molar-refractivity contribution in [2.45, 2.75) is 5.03 Å². The molecule has 1 heterocycles. The number of aromatic nitrogens is 3. The Labute approximate surface area is 143 Å². The Bertz CT molecular complexity index is 864. The van der Waals surface area contributed by atoms with E-state index in [0.29, 0.717) is 15.6 Å². The van der Waals surface area contributed by atoms with Crippen molar-refractivity contribution in [3.63, 3.8) is 0 Å². The van der Waals surface area contributed by atoms with Gasteiger partial charge in [0.15, 0.2) is 5.03 Å². The quantitative estimate of drug-likeness (QED) is 0.410. The molecule has 0 fully saturated rings. The van der Waals surface area contributed by atoms with E-state index in [1.807, 2.05) is 4.98 Å². The standard InChI is InChI=1S/C12H9Cl2N5O3S/c13-7-3-1-2-6(9(7)14)4-15-17-8(20)5-23-11-10(21)16-12(22)19-18-11/h1-4H,5H2,(H,17,20)(H2,16,19,21,22)/b15-4+. The minimum absolute atomic E-state index is 0.0263. The summed E-state index contributed by atoms with van der Waals surface area (Å²) in [5.41, 5.74) is 1.44. The number of nitrogens with zero attached hydrogens (tertiary/aromatic N) is 2. The molecule has 0 saturated heterocycles. The molecule has 0 aliphatic heterocycles. The second kappa shape index (κ2) is 7.95. The van der Waals surface area contributed by atoms with E-state index in [9.17, 15) is 14.4 Å². The molecule has 1 amide bonds. The summed E-state index contributed by atoms with van der Waals surface area (Å²) in [6.07, 6.45) is 1.35. The number of nitrogens with one attached hydrogen (secondary N) is 3. The Morgan fingerprint density at radius 3 is 2.91 bits per heavy atom. The van der Waals surface area contributed by atoms with E-state index in [-0.39, 0.29) is 10.8 Å². The van der Waals surface area contributed by atoms with Crippen LogP contribution in [0.2, 0.25) is 10.0 Å². The largest absolute Gasteiger partial charge is 0.342 e. The molecule has 0 aliphatic rings. The van der Waals surface area contributed by atoms with E-state index in [0.717, 1.165) is 11.8 Å². The Kier molecular flexibility index (Phi) is 5.97. The fourth-order valence-corrected chi connectivity index (χ4v) is 2.38. The number of carbonyl (C=O) groups is 1. The summed E-state index contributed by atoms with van der Waals surface area (Å²) in [6.45, 7) is 0. The third-order valence-corrected chi connectivity index (χ3v) is 4.18. The predicted octanol–water partition coefficient (Wildman–Crippen LogP) is 1.01. The van der Waals surface area contributed by atoms with Gasteiger partial charge in [0, 0.05) is 5.56 Å². The van der Waals surface area contributed by atoms with Crippen molar-refractivity contribution in [2.24, 2.45) is 5.10 Å². The Morgan fingerprint density at radius 1 is 1.39 bits per heavy atom. The van der Waals surface area contributed by atoms with E-state index in [1.54, 1.807) is 18.2 Å². The van der Waals surface area contributed by atoms with Gasteiger partial charge in [-0.15, -0.1) is 0 Å². The van der Waals surface area contributed by atoms with Crippen LogP contribution in [0, 0.1) is 0 Å². The Morgan fingerprint density at radius 2 is 2.17 bits per heavy atom. The molecule has 2 rings (SSSR count). The van der Waals surface area contributed by atoms with E-state index in [1.165, 1.54) is 6.21 Å². The van der Waals surface area contributed by atoms with Gasteiger partial charge < -0.3 is 0 Å². The number of benzene rings is 1. The van der Waals surface area contributed by atoms with Crippen molar-refractivity contribution in [2.75, 3.05) is 5.75 Å². The number of hydrazone groups is 1. The van der Waals surface area contributed by atoms with E-state index in [4.69, 9.17) is 23.2 Å². The average Bonchev–Trinajstić information content (AvgIpc) is 2.50. The molecule has 0 saturated carbocycles. The van der Waals surface area contributed by atoms with Gasteiger partial charge in [-0.05, 0) is 6.07 Å². The van der Waals surface area contributed by atoms with Gasteiger partial charge >= 0.3 is 5.69 Å². The molecule has 120 valence electrons. The van der Waals surface area contributed by atoms with Crippen LogP contribution in [-0.2, 0) is 4.79 Å². The molecular formula is C12H9Cl2N5O3S. The van der Waals surface area contributed by atoms with Crippen molar-refractivity contribution in [3.8, 4) is 0 Å². The summed E-state index contributed by atoms with van der Waals surface area (Å²) in [7, 11) is 0. The van der Waals surface area contributed by atoms with E-state index >= 15 is 0 Å². The number of H-pyrrole nitrogens is 2. The first-order chi connectivity index (χ1) is 11.0. The van der Waals surface area contributed by atoms with Crippen LogP contribution in [0.3, 0.4) is 0 Å². The molecule has 3 N–H and O–H groups in total. The maximum atomic E-state index is 11.6. The van der Waals surface area contributed by atoms with Crippen LogP contribution in [0.15, 0.2) is 37.9 Å². The van der Waals surface area contributed by atoms with Crippen molar-refractivity contribution >= 4 is 47.1 Å². The van der Waals surface area contributed by atoms with Crippen LogP contribution in [0.4, 0.5) is 0 Å². The van der Waals surface area contributed by atoms with Crippen LogP contribution >= 0.6 is 35.0 Å². The molecule has 23 heavy (non-hydrogen) atoms. The van der Waals surface area contributed by atoms with Gasteiger partial charge in [-0.3, -0.25) is 14.6 Å². The van der Waals surface area contributed by atoms with Crippen LogP contribution < -0.4 is 16.7 Å². The minimum Gasteiger partial charge on any atom is -0.272 e. The minimum atomic E-state index is -0.716. The number of aromatic amines is 2. The van der Waals surface area contributed by atoms with Gasteiger partial charge in [0.2, 0.25) is 5.91 Å². The van der Waals surface area contributed by atoms with Crippen molar-refractivity contribution < 1.29 is 4.79 Å². The monoisotopic (exact) mass is 373 g/mol. The summed E-state index contributed by atoms with van der Waals surface area (Å²) >= 11 is 12.7. The Balaban J connectivity index is 1.90. The summed E-state index contributed by atoms with van der Waals surface area (Å²) in [5, 5.41) is 10.0. The number of hydrogen-bond donors (Lipinski definition) is 3. The van der Waals surface area contributed by atoms with Crippen LogP contribution in [-0.4, -0.2) is 33.1 Å². The first-order valence-electron chi connectivity index (χ1n) is 6.05. The third kappa shape index (κ3) is 4.95. The number of rotatable bonds is 5. The number of amides is 1. The van der Waals surface area contributed by atoms with Gasteiger partial charge in [0.25, 0.3) is 5.56 Å².